The zero-order chi connectivity index (χ0) is 14.8. The van der Waals surface area contributed by atoms with Crippen LogP contribution in [0.3, 0.4) is 0 Å². The summed E-state index contributed by atoms with van der Waals surface area (Å²) in [6.07, 6.45) is 1.72. The molecule has 2 rings (SSSR count). The van der Waals surface area contributed by atoms with Gasteiger partial charge >= 0.3 is 0 Å². The number of hydrogen-bond donors (Lipinski definition) is 1. The van der Waals surface area contributed by atoms with Gasteiger partial charge in [0.05, 0.1) is 5.60 Å². The summed E-state index contributed by atoms with van der Waals surface area (Å²) in [6.45, 7) is 5.97. The Hall–Kier alpha value is -2.01. The average molecular weight is 272 g/mol. The van der Waals surface area contributed by atoms with Crippen LogP contribution in [0.5, 0.6) is 0 Å². The Morgan fingerprint density at radius 3 is 2.60 bits per heavy atom. The van der Waals surface area contributed by atoms with Crippen LogP contribution in [0.1, 0.15) is 19.5 Å². The molecule has 0 aliphatic rings. The highest BCUT2D eigenvalue weighted by atomic mass is 16.3. The van der Waals surface area contributed by atoms with Crippen molar-refractivity contribution in [1.29, 1.82) is 0 Å². The number of anilines is 1. The van der Waals surface area contributed by atoms with Crippen molar-refractivity contribution >= 4 is 5.82 Å². The molecule has 0 amide bonds. The molecule has 0 aromatic carbocycles. The molecule has 2 aromatic rings. The standard InChI is InChI=1S/C15H20N4O/c1-11-9-13(19(4)10-15(2,3)20)18-14(17-11)12-7-5-6-8-16-12/h5-9,20H,10H2,1-4H3. The lowest BCUT2D eigenvalue weighted by Gasteiger charge is -2.26. The predicted octanol–water partition coefficient (Wildman–Crippen LogP) is 2.05. The Morgan fingerprint density at radius 2 is 2.00 bits per heavy atom. The first kappa shape index (κ1) is 14.4. The minimum Gasteiger partial charge on any atom is -0.389 e. The van der Waals surface area contributed by atoms with Gasteiger partial charge in [-0.1, -0.05) is 6.07 Å². The molecule has 2 aromatic heterocycles. The van der Waals surface area contributed by atoms with Crippen molar-refractivity contribution < 1.29 is 5.11 Å². The number of aryl methyl sites for hydroxylation is 1. The van der Waals surface area contributed by atoms with Crippen LogP contribution in [0.15, 0.2) is 30.5 Å². The van der Waals surface area contributed by atoms with Gasteiger partial charge in [0.2, 0.25) is 0 Å². The minimum atomic E-state index is -0.779. The van der Waals surface area contributed by atoms with Crippen LogP contribution in [0, 0.1) is 6.92 Å². The summed E-state index contributed by atoms with van der Waals surface area (Å²) in [5.41, 5.74) is 0.839. The van der Waals surface area contributed by atoms with Crippen molar-refractivity contribution in [3.05, 3.63) is 36.2 Å². The van der Waals surface area contributed by atoms with Crippen molar-refractivity contribution in [2.24, 2.45) is 0 Å². The van der Waals surface area contributed by atoms with Crippen LogP contribution in [0.25, 0.3) is 11.5 Å². The maximum atomic E-state index is 9.91. The van der Waals surface area contributed by atoms with E-state index in [0.717, 1.165) is 17.2 Å². The topological polar surface area (TPSA) is 62.1 Å². The minimum absolute atomic E-state index is 0.491. The monoisotopic (exact) mass is 272 g/mol. The molecule has 0 bridgehead atoms. The molecule has 0 aliphatic carbocycles. The number of likely N-dealkylation sites (N-methyl/N-ethyl adjacent to an activating group) is 1. The molecule has 1 N–H and O–H groups in total. The van der Waals surface area contributed by atoms with Crippen molar-refractivity contribution in [2.45, 2.75) is 26.4 Å². The average Bonchev–Trinajstić information content (AvgIpc) is 2.37. The molecule has 0 radical (unpaired) electrons. The highest BCUT2D eigenvalue weighted by molar-refractivity contribution is 5.53. The Morgan fingerprint density at radius 1 is 1.25 bits per heavy atom. The van der Waals surface area contributed by atoms with Gasteiger partial charge in [0.15, 0.2) is 5.82 Å². The second-order valence-electron chi connectivity index (χ2n) is 5.57. The van der Waals surface area contributed by atoms with Crippen LogP contribution in [0.2, 0.25) is 0 Å². The zero-order valence-electron chi connectivity index (χ0n) is 12.3. The van der Waals surface area contributed by atoms with E-state index < -0.39 is 5.60 Å². The van der Waals surface area contributed by atoms with Gasteiger partial charge in [-0.15, -0.1) is 0 Å². The van der Waals surface area contributed by atoms with Crippen molar-refractivity contribution in [3.8, 4) is 11.5 Å². The molecule has 0 fully saturated rings. The lowest BCUT2D eigenvalue weighted by atomic mass is 10.1. The third-order valence-corrected chi connectivity index (χ3v) is 2.75. The molecule has 5 nitrogen and oxygen atoms in total. The van der Waals surface area contributed by atoms with Gasteiger partial charge in [-0.25, -0.2) is 9.97 Å². The summed E-state index contributed by atoms with van der Waals surface area (Å²) in [5, 5.41) is 9.91. The van der Waals surface area contributed by atoms with E-state index in [4.69, 9.17) is 0 Å². The number of hydrogen-bond acceptors (Lipinski definition) is 5. The van der Waals surface area contributed by atoms with Crippen molar-refractivity contribution in [3.63, 3.8) is 0 Å². The summed E-state index contributed by atoms with van der Waals surface area (Å²) in [7, 11) is 1.90. The molecule has 5 heteroatoms. The summed E-state index contributed by atoms with van der Waals surface area (Å²) >= 11 is 0. The highest BCUT2D eigenvalue weighted by Gasteiger charge is 2.17. The number of aliphatic hydroxyl groups is 1. The van der Waals surface area contributed by atoms with Crippen LogP contribution >= 0.6 is 0 Å². The Balaban J connectivity index is 2.34. The van der Waals surface area contributed by atoms with Crippen LogP contribution in [-0.4, -0.2) is 39.3 Å². The molecule has 0 saturated carbocycles. The molecule has 20 heavy (non-hydrogen) atoms. The maximum absolute atomic E-state index is 9.91. The van der Waals surface area contributed by atoms with E-state index in [1.807, 2.05) is 43.1 Å². The molecular weight excluding hydrogens is 252 g/mol. The van der Waals surface area contributed by atoms with Gasteiger partial charge in [-0.3, -0.25) is 4.98 Å². The number of rotatable bonds is 4. The lowest BCUT2D eigenvalue weighted by molar-refractivity contribution is 0.0884. The quantitative estimate of drug-likeness (QED) is 0.923. The first-order valence-electron chi connectivity index (χ1n) is 6.56. The molecule has 0 saturated heterocycles. The van der Waals surface area contributed by atoms with Gasteiger partial charge in [0, 0.05) is 31.5 Å². The molecule has 2 heterocycles. The summed E-state index contributed by atoms with van der Waals surface area (Å²) in [6, 6.07) is 7.56. The van der Waals surface area contributed by atoms with E-state index >= 15 is 0 Å². The van der Waals surface area contributed by atoms with Gasteiger partial charge < -0.3 is 10.0 Å². The van der Waals surface area contributed by atoms with Crippen LogP contribution in [0.4, 0.5) is 5.82 Å². The molecule has 106 valence electrons. The molecule has 0 unspecified atom stereocenters. The first-order chi connectivity index (χ1) is 9.35. The van der Waals surface area contributed by atoms with Gasteiger partial charge in [-0.05, 0) is 32.9 Å². The molecule has 0 aliphatic heterocycles. The highest BCUT2D eigenvalue weighted by Crippen LogP contribution is 2.19. The molecular formula is C15H20N4O. The summed E-state index contributed by atoms with van der Waals surface area (Å²) in [5.74, 6) is 1.38. The fraction of sp³-hybridized carbons (Fsp3) is 0.400. The molecule has 0 atom stereocenters. The van der Waals surface area contributed by atoms with Gasteiger partial charge in [-0.2, -0.15) is 0 Å². The zero-order valence-corrected chi connectivity index (χ0v) is 12.3. The van der Waals surface area contributed by atoms with E-state index in [-0.39, 0.29) is 0 Å². The normalized spacial score (nSPS) is 11.4. The van der Waals surface area contributed by atoms with E-state index in [1.165, 1.54) is 0 Å². The number of pyridine rings is 1. The third kappa shape index (κ3) is 3.74. The Labute approximate surface area is 119 Å². The van der Waals surface area contributed by atoms with E-state index in [9.17, 15) is 5.11 Å². The lowest BCUT2D eigenvalue weighted by Crippen LogP contribution is -2.36. The maximum Gasteiger partial charge on any atom is 0.180 e. The Kier molecular flexibility index (Phi) is 3.99. The fourth-order valence-electron chi connectivity index (χ4n) is 2.02. The van der Waals surface area contributed by atoms with E-state index in [1.54, 1.807) is 20.0 Å². The second kappa shape index (κ2) is 5.54. The summed E-state index contributed by atoms with van der Waals surface area (Å²) in [4.78, 5) is 15.1. The van der Waals surface area contributed by atoms with Crippen LogP contribution in [-0.2, 0) is 0 Å². The fourth-order valence-corrected chi connectivity index (χ4v) is 2.02. The SMILES string of the molecule is Cc1cc(N(C)CC(C)(C)O)nc(-c2ccccn2)n1. The second-order valence-corrected chi connectivity index (χ2v) is 5.57. The summed E-state index contributed by atoms with van der Waals surface area (Å²) < 4.78 is 0. The van der Waals surface area contributed by atoms with Crippen molar-refractivity contribution in [1.82, 2.24) is 15.0 Å². The number of aromatic nitrogens is 3. The third-order valence-electron chi connectivity index (χ3n) is 2.75. The predicted molar refractivity (Wildman–Crippen MR) is 79.6 cm³/mol. The van der Waals surface area contributed by atoms with Crippen LogP contribution < -0.4 is 4.90 Å². The van der Waals surface area contributed by atoms with Gasteiger partial charge in [0.1, 0.15) is 11.5 Å². The number of nitrogens with zero attached hydrogens (tertiary/aromatic N) is 4. The van der Waals surface area contributed by atoms with Gasteiger partial charge in [0.25, 0.3) is 0 Å². The van der Waals surface area contributed by atoms with Crippen molar-refractivity contribution in [2.75, 3.05) is 18.5 Å². The Bertz CT molecular complexity index is 578. The largest absolute Gasteiger partial charge is 0.389 e. The smallest absolute Gasteiger partial charge is 0.180 e. The molecule has 0 spiro atoms. The van der Waals surface area contributed by atoms with E-state index in [0.29, 0.717) is 12.4 Å². The van der Waals surface area contributed by atoms with E-state index in [2.05, 4.69) is 15.0 Å². The first-order valence-corrected chi connectivity index (χ1v) is 6.56.